The normalized spacial score (nSPS) is 16.3. The van der Waals surface area contributed by atoms with Crippen molar-refractivity contribution in [2.24, 2.45) is 10.8 Å². The van der Waals surface area contributed by atoms with Crippen LogP contribution in [-0.2, 0) is 27.1 Å². The minimum atomic E-state index is -0.163. The van der Waals surface area contributed by atoms with E-state index in [1.165, 1.54) is 0 Å². The summed E-state index contributed by atoms with van der Waals surface area (Å²) in [5, 5.41) is 9.22. The van der Waals surface area contributed by atoms with Gasteiger partial charge in [-0.2, -0.15) is 0 Å². The number of hydrogen-bond acceptors (Lipinski definition) is 14. The Morgan fingerprint density at radius 2 is 1.02 bits per heavy atom. The van der Waals surface area contributed by atoms with Crippen LogP contribution in [0.25, 0.3) is 34.2 Å². The number of benzene rings is 2. The molecule has 4 aliphatic rings. The van der Waals surface area contributed by atoms with Crippen LogP contribution < -0.4 is 20.9 Å². The molecule has 4 aromatic heterocycles. The van der Waals surface area contributed by atoms with E-state index >= 15 is 0 Å². The Labute approximate surface area is 359 Å². The van der Waals surface area contributed by atoms with Crippen LogP contribution in [0.4, 0.5) is 11.6 Å². The lowest BCUT2D eigenvalue weighted by Gasteiger charge is -2.55. The Bertz CT molecular complexity index is 2560. The molecule has 1 N–H and O–H groups in total. The molecule has 6 aromatic rings. The molecular weight excluding hydrogens is 789 g/mol. The van der Waals surface area contributed by atoms with E-state index in [1.54, 1.807) is 58.4 Å². The Morgan fingerprint density at radius 1 is 0.613 bits per heavy atom. The number of carbonyl (C=O) groups is 1. The minimum Gasteiger partial charge on any atom is -0.396 e. The molecule has 0 amide bonds. The highest BCUT2D eigenvalue weighted by Gasteiger charge is 2.51. The smallest absolute Gasteiger partial charge is 0.298 e. The Balaban J connectivity index is 0.000000181. The van der Waals surface area contributed by atoms with Gasteiger partial charge in [0, 0.05) is 98.9 Å². The molecule has 322 valence electrons. The second-order valence-corrected chi connectivity index (χ2v) is 15.9. The van der Waals surface area contributed by atoms with Gasteiger partial charge < -0.3 is 29.2 Å². The minimum absolute atomic E-state index is 0. The number of aliphatic hydroxyl groups is 1. The topological polar surface area (TPSA) is 184 Å². The van der Waals surface area contributed by atoms with Gasteiger partial charge in [-0.15, -0.1) is 0 Å². The number of aldehydes is 1. The summed E-state index contributed by atoms with van der Waals surface area (Å²) in [5.41, 5.74) is 4.83. The molecule has 0 atom stereocenters. The van der Waals surface area contributed by atoms with Crippen LogP contribution in [0.2, 0.25) is 0 Å². The fourth-order valence-electron chi connectivity index (χ4n) is 7.97. The van der Waals surface area contributed by atoms with Gasteiger partial charge in [-0.1, -0.05) is 14.9 Å². The third kappa shape index (κ3) is 8.80. The Kier molecular flexibility index (Phi) is 13.1. The summed E-state index contributed by atoms with van der Waals surface area (Å²) in [4.78, 5) is 67.7. The molecule has 62 heavy (non-hydrogen) atoms. The molecule has 0 radical (unpaired) electrons. The largest absolute Gasteiger partial charge is 0.396 e. The van der Waals surface area contributed by atoms with Gasteiger partial charge in [0.05, 0.1) is 48.6 Å². The molecule has 4 aliphatic heterocycles. The van der Waals surface area contributed by atoms with Crippen LogP contribution in [0.15, 0.2) is 107 Å². The van der Waals surface area contributed by atoms with Gasteiger partial charge in [0.15, 0.2) is 23.3 Å². The van der Waals surface area contributed by atoms with Gasteiger partial charge in [0.2, 0.25) is 0 Å². The summed E-state index contributed by atoms with van der Waals surface area (Å²) >= 11 is 0. The summed E-state index contributed by atoms with van der Waals surface area (Å²) in [6.07, 6.45) is 13.3. The van der Waals surface area contributed by atoms with E-state index in [0.717, 1.165) is 92.8 Å². The van der Waals surface area contributed by atoms with Crippen LogP contribution >= 0.6 is 0 Å². The number of aromatic nitrogens is 8. The van der Waals surface area contributed by atoms with Crippen molar-refractivity contribution in [2.45, 2.75) is 40.5 Å². The highest BCUT2D eigenvalue weighted by Crippen LogP contribution is 2.40. The van der Waals surface area contributed by atoms with Crippen molar-refractivity contribution in [2.75, 3.05) is 69.0 Å². The molecule has 16 heteroatoms. The van der Waals surface area contributed by atoms with E-state index < -0.39 is 0 Å². The second kappa shape index (κ2) is 18.6. The first kappa shape index (κ1) is 43.6. The van der Waals surface area contributed by atoms with Crippen molar-refractivity contribution in [1.82, 2.24) is 39.0 Å². The molecule has 2 aromatic carbocycles. The number of aryl methyl sites for hydroxylation is 2. The molecular formula is C46H52N10O6. The number of nitrogens with zero attached hydrogens (tertiary/aromatic N) is 10. The third-order valence-corrected chi connectivity index (χ3v) is 11.3. The maximum atomic E-state index is 13.3. The average Bonchev–Trinajstić information content (AvgIpc) is 3.23. The fraction of sp³-hybridized carbons (Fsp3) is 0.370. The van der Waals surface area contributed by atoms with Crippen molar-refractivity contribution >= 4 is 17.9 Å². The summed E-state index contributed by atoms with van der Waals surface area (Å²) in [6, 6.07) is 18.7. The summed E-state index contributed by atoms with van der Waals surface area (Å²) in [5.74, 6) is 2.18. The van der Waals surface area contributed by atoms with Crippen molar-refractivity contribution < 1.29 is 19.4 Å². The lowest BCUT2D eigenvalue weighted by Crippen LogP contribution is -2.67. The quantitative estimate of drug-likeness (QED) is 0.171. The van der Waals surface area contributed by atoms with Gasteiger partial charge in [-0.3, -0.25) is 18.7 Å². The molecule has 0 aliphatic carbocycles. The van der Waals surface area contributed by atoms with Gasteiger partial charge in [-0.05, 0) is 79.9 Å². The van der Waals surface area contributed by atoms with E-state index in [9.17, 15) is 19.5 Å². The van der Waals surface area contributed by atoms with Crippen LogP contribution in [0.5, 0.6) is 0 Å². The molecule has 10 rings (SSSR count). The molecule has 8 heterocycles. The van der Waals surface area contributed by atoms with E-state index in [-0.39, 0.29) is 43.4 Å². The van der Waals surface area contributed by atoms with E-state index in [0.29, 0.717) is 49.0 Å². The number of ether oxygens (including phenoxy) is 2. The zero-order chi connectivity index (χ0) is 41.1. The zero-order valence-electron chi connectivity index (χ0n) is 33.0. The van der Waals surface area contributed by atoms with E-state index in [4.69, 9.17) is 9.47 Å². The van der Waals surface area contributed by atoms with Gasteiger partial charge in [0.25, 0.3) is 11.1 Å². The highest BCUT2D eigenvalue weighted by molar-refractivity contribution is 5.59. The van der Waals surface area contributed by atoms with Gasteiger partial charge >= 0.3 is 0 Å². The van der Waals surface area contributed by atoms with Crippen molar-refractivity contribution in [3.05, 3.63) is 130 Å². The van der Waals surface area contributed by atoms with Crippen molar-refractivity contribution in [3.63, 3.8) is 0 Å². The predicted octanol–water partition coefficient (Wildman–Crippen LogP) is 4.38. The average molecular weight is 841 g/mol. The lowest BCUT2D eigenvalue weighted by molar-refractivity contribution is -0.127. The Hall–Kier alpha value is -6.49. The Morgan fingerprint density at radius 3 is 1.37 bits per heavy atom. The first-order valence-electron chi connectivity index (χ1n) is 20.1. The number of carbonyl (C=O) groups excluding carboxylic acids is 1. The van der Waals surface area contributed by atoms with E-state index in [2.05, 4.69) is 29.9 Å². The fourth-order valence-corrected chi connectivity index (χ4v) is 7.97. The molecule has 0 unspecified atom stereocenters. The zero-order valence-corrected chi connectivity index (χ0v) is 33.0. The lowest BCUT2D eigenvalue weighted by atomic mass is 9.78. The molecule has 0 saturated carbocycles. The number of hydrogen-bond donors (Lipinski definition) is 1. The summed E-state index contributed by atoms with van der Waals surface area (Å²) < 4.78 is 13.9. The maximum absolute atomic E-state index is 13.3. The predicted molar refractivity (Wildman–Crippen MR) is 236 cm³/mol. The monoisotopic (exact) mass is 840 g/mol. The number of aliphatic hydroxyl groups excluding tert-OH is 1. The van der Waals surface area contributed by atoms with Crippen molar-refractivity contribution in [1.29, 1.82) is 0 Å². The van der Waals surface area contributed by atoms with E-state index in [1.807, 2.05) is 58.3 Å². The van der Waals surface area contributed by atoms with Crippen molar-refractivity contribution in [3.8, 4) is 34.2 Å². The van der Waals surface area contributed by atoms with Gasteiger partial charge in [0.1, 0.15) is 6.29 Å². The summed E-state index contributed by atoms with van der Waals surface area (Å²) in [6.45, 7) is 6.22. The molecule has 4 saturated heterocycles. The van der Waals surface area contributed by atoms with Crippen LogP contribution in [0.3, 0.4) is 0 Å². The number of anilines is 2. The van der Waals surface area contributed by atoms with Crippen LogP contribution in [0.1, 0.15) is 39.1 Å². The van der Waals surface area contributed by atoms with Crippen LogP contribution in [-0.4, -0.2) is 110 Å². The first-order valence-corrected chi connectivity index (χ1v) is 20.1. The first-order chi connectivity index (χ1) is 29.3. The molecule has 16 nitrogen and oxygen atoms in total. The third-order valence-electron chi connectivity index (χ3n) is 11.3. The molecule has 4 fully saturated rings. The summed E-state index contributed by atoms with van der Waals surface area (Å²) in [7, 11) is 0. The van der Waals surface area contributed by atoms with Gasteiger partial charge in [-0.25, -0.2) is 29.9 Å². The second-order valence-electron chi connectivity index (χ2n) is 15.9. The SMILES string of the molecule is C.C.O=CCCc1cn(-c2ccc(-c3ncccn3)cc2)c(=O)c(N2CC3(COC3)C2)n1.O=c1c(N2CC3(COC3)C2)nc(CCCO)cn1-c1ccc(-c2ncccn2)cc1. The maximum Gasteiger partial charge on any atom is 0.298 e. The van der Waals surface area contributed by atoms with Crippen LogP contribution in [0, 0.1) is 10.8 Å². The standard InChI is InChI=1S/C22H23N5O3.C22H21N5O3.2CH4/c2*28-10-1-3-17-11-27(18-6-4-16(5-7-18)19-23-8-2-9-24-19)21(29)20(25-17)26-12-22(13-26)14-30-15-22;;/h2,4-9,11,28H,1,3,10,12-15H2;2,4-11H,1,3,12-15H2;2*1H4. The molecule has 2 spiro atoms. The molecule has 0 bridgehead atoms. The highest BCUT2D eigenvalue weighted by atomic mass is 16.5. The number of rotatable bonds is 12.